The first-order valence-electron chi connectivity index (χ1n) is 6.28. The van der Waals surface area contributed by atoms with Crippen molar-refractivity contribution in [2.24, 2.45) is 0 Å². The van der Waals surface area contributed by atoms with Crippen molar-refractivity contribution < 1.29 is 28.4 Å². The van der Waals surface area contributed by atoms with Gasteiger partial charge in [0.15, 0.2) is 0 Å². The van der Waals surface area contributed by atoms with E-state index in [4.69, 9.17) is 10.8 Å². The van der Waals surface area contributed by atoms with Gasteiger partial charge in [0.2, 0.25) is 5.82 Å². The summed E-state index contributed by atoms with van der Waals surface area (Å²) in [5.41, 5.74) is 2.86. The molecule has 2 aromatic carbocycles. The Balaban J connectivity index is 2.45. The summed E-state index contributed by atoms with van der Waals surface area (Å²) in [6.07, 6.45) is 0. The number of carbonyl (C=O) groups is 2. The first-order valence-corrected chi connectivity index (χ1v) is 6.28. The minimum atomic E-state index is -1.61. The Morgan fingerprint density at radius 2 is 1.83 bits per heavy atom. The van der Waals surface area contributed by atoms with Crippen LogP contribution in [0.2, 0.25) is 0 Å². The number of nitrogens with zero attached hydrogens (tertiary/aromatic N) is 1. The number of benzene rings is 2. The zero-order valence-electron chi connectivity index (χ0n) is 11.7. The molecule has 0 bridgehead atoms. The van der Waals surface area contributed by atoms with Crippen LogP contribution in [0, 0.1) is 21.7 Å². The number of anilines is 2. The van der Waals surface area contributed by atoms with Gasteiger partial charge in [-0.05, 0) is 18.2 Å². The van der Waals surface area contributed by atoms with Crippen molar-refractivity contribution in [1.82, 2.24) is 0 Å². The lowest BCUT2D eigenvalue weighted by Gasteiger charge is -2.10. The predicted molar refractivity (Wildman–Crippen MR) is 78.8 cm³/mol. The number of hydrogen-bond donors (Lipinski definition) is 3. The summed E-state index contributed by atoms with van der Waals surface area (Å²) >= 11 is 0. The number of halogens is 2. The Bertz CT molecular complexity index is 870. The molecule has 0 aliphatic carbocycles. The third kappa shape index (κ3) is 3.27. The van der Waals surface area contributed by atoms with Crippen LogP contribution in [0.5, 0.6) is 0 Å². The van der Waals surface area contributed by atoms with Crippen LogP contribution in [0.15, 0.2) is 30.3 Å². The lowest BCUT2D eigenvalue weighted by Crippen LogP contribution is -2.17. The van der Waals surface area contributed by atoms with Crippen LogP contribution in [0.25, 0.3) is 0 Å². The lowest BCUT2D eigenvalue weighted by atomic mass is 10.1. The van der Waals surface area contributed by atoms with E-state index in [1.165, 1.54) is 0 Å². The molecule has 4 N–H and O–H groups in total. The molecule has 24 heavy (non-hydrogen) atoms. The molecule has 2 rings (SSSR count). The van der Waals surface area contributed by atoms with Crippen molar-refractivity contribution in [2.75, 3.05) is 11.1 Å². The molecule has 0 saturated heterocycles. The van der Waals surface area contributed by atoms with E-state index in [9.17, 15) is 28.5 Å². The second kappa shape index (κ2) is 6.28. The molecular formula is C14H9F2N3O5. The summed E-state index contributed by atoms with van der Waals surface area (Å²) in [5.74, 6) is -4.55. The fraction of sp³-hybridized carbons (Fsp3) is 0. The highest BCUT2D eigenvalue weighted by Gasteiger charge is 2.23. The summed E-state index contributed by atoms with van der Waals surface area (Å²) in [7, 11) is 0. The number of hydrogen-bond acceptors (Lipinski definition) is 5. The fourth-order valence-corrected chi connectivity index (χ4v) is 1.91. The number of nitrogens with two attached hydrogens (primary N) is 1. The number of carbonyl (C=O) groups excluding carboxylic acids is 1. The molecule has 124 valence electrons. The second-order valence-corrected chi connectivity index (χ2v) is 4.60. The molecule has 0 spiro atoms. The van der Waals surface area contributed by atoms with Gasteiger partial charge in [0.05, 0.1) is 21.7 Å². The summed E-state index contributed by atoms with van der Waals surface area (Å²) in [6, 6.07) is 3.89. The van der Waals surface area contributed by atoms with Crippen LogP contribution in [0.1, 0.15) is 20.7 Å². The first kappa shape index (κ1) is 16.8. The number of carboxylic acid groups (broad SMARTS) is 1. The van der Waals surface area contributed by atoms with Gasteiger partial charge in [0.1, 0.15) is 5.82 Å². The van der Waals surface area contributed by atoms with Crippen molar-refractivity contribution >= 4 is 28.9 Å². The molecule has 0 saturated carbocycles. The molecular weight excluding hydrogens is 328 g/mol. The van der Waals surface area contributed by atoms with Gasteiger partial charge in [-0.2, -0.15) is 4.39 Å². The Hall–Kier alpha value is -3.56. The van der Waals surface area contributed by atoms with Crippen LogP contribution in [-0.4, -0.2) is 21.9 Å². The monoisotopic (exact) mass is 337 g/mol. The highest BCUT2D eigenvalue weighted by molar-refractivity contribution is 6.10. The number of aromatic carboxylic acids is 1. The maximum atomic E-state index is 13.7. The van der Waals surface area contributed by atoms with Gasteiger partial charge in [0.25, 0.3) is 5.91 Å². The number of nitrogen functional groups attached to an aromatic ring is 1. The number of nitro groups is 1. The SMILES string of the molecule is Nc1cc(F)ccc1C(=O)Nc1cc(F)c([N+](=O)[O-])cc1C(=O)O. The maximum absolute atomic E-state index is 13.7. The lowest BCUT2D eigenvalue weighted by molar-refractivity contribution is -0.387. The van der Waals surface area contributed by atoms with E-state index in [0.29, 0.717) is 12.1 Å². The maximum Gasteiger partial charge on any atom is 0.338 e. The Kier molecular flexibility index (Phi) is 4.40. The minimum absolute atomic E-state index is 0.175. The second-order valence-electron chi connectivity index (χ2n) is 4.60. The highest BCUT2D eigenvalue weighted by atomic mass is 19.1. The number of nitrogens with one attached hydrogen (secondary N) is 1. The van der Waals surface area contributed by atoms with Gasteiger partial charge in [-0.1, -0.05) is 0 Å². The molecule has 0 aliphatic rings. The molecule has 8 nitrogen and oxygen atoms in total. The van der Waals surface area contributed by atoms with Crippen molar-refractivity contribution in [3.8, 4) is 0 Å². The van der Waals surface area contributed by atoms with E-state index in [1.807, 2.05) is 0 Å². The molecule has 0 unspecified atom stereocenters. The van der Waals surface area contributed by atoms with E-state index in [1.54, 1.807) is 0 Å². The Morgan fingerprint density at radius 3 is 2.38 bits per heavy atom. The van der Waals surface area contributed by atoms with Crippen molar-refractivity contribution in [2.45, 2.75) is 0 Å². The molecule has 0 heterocycles. The number of carboxylic acids is 1. The van der Waals surface area contributed by atoms with Crippen LogP contribution in [0.3, 0.4) is 0 Å². The molecule has 1 amide bonds. The van der Waals surface area contributed by atoms with E-state index in [-0.39, 0.29) is 11.3 Å². The van der Waals surface area contributed by atoms with E-state index < -0.39 is 45.4 Å². The van der Waals surface area contributed by atoms with E-state index in [0.717, 1.165) is 18.2 Å². The molecule has 0 aromatic heterocycles. The molecule has 0 radical (unpaired) electrons. The molecule has 0 atom stereocenters. The van der Waals surface area contributed by atoms with Crippen molar-refractivity contribution in [1.29, 1.82) is 0 Å². The standard InChI is InChI=1S/C14H9F2N3O5/c15-6-1-2-7(10(17)3-6)13(20)18-11-5-9(16)12(19(23)24)4-8(11)14(21)22/h1-5H,17H2,(H,18,20)(H,21,22). The molecule has 2 aromatic rings. The van der Waals surface area contributed by atoms with Gasteiger partial charge in [-0.25, -0.2) is 9.18 Å². The van der Waals surface area contributed by atoms with Crippen LogP contribution >= 0.6 is 0 Å². The van der Waals surface area contributed by atoms with Gasteiger partial charge < -0.3 is 16.2 Å². The van der Waals surface area contributed by atoms with Crippen LogP contribution in [-0.2, 0) is 0 Å². The zero-order valence-corrected chi connectivity index (χ0v) is 11.7. The van der Waals surface area contributed by atoms with Crippen LogP contribution < -0.4 is 11.1 Å². The first-order chi connectivity index (χ1) is 11.2. The number of nitro benzene ring substituents is 1. The summed E-state index contributed by atoms with van der Waals surface area (Å²) in [6.45, 7) is 0. The zero-order chi connectivity index (χ0) is 18.0. The molecule has 0 aliphatic heterocycles. The Morgan fingerprint density at radius 1 is 1.17 bits per heavy atom. The highest BCUT2D eigenvalue weighted by Crippen LogP contribution is 2.27. The van der Waals surface area contributed by atoms with Gasteiger partial charge in [-0.3, -0.25) is 14.9 Å². The molecule has 10 heteroatoms. The normalized spacial score (nSPS) is 10.2. The summed E-state index contributed by atoms with van der Waals surface area (Å²) in [4.78, 5) is 32.8. The van der Waals surface area contributed by atoms with E-state index >= 15 is 0 Å². The van der Waals surface area contributed by atoms with Gasteiger partial charge in [0, 0.05) is 17.8 Å². The van der Waals surface area contributed by atoms with Gasteiger partial charge in [-0.15, -0.1) is 0 Å². The van der Waals surface area contributed by atoms with Gasteiger partial charge >= 0.3 is 11.7 Å². The topological polar surface area (TPSA) is 136 Å². The smallest absolute Gasteiger partial charge is 0.338 e. The number of amides is 1. The Labute approximate surface area is 132 Å². The predicted octanol–water partition coefficient (Wildman–Crippen LogP) is 2.41. The van der Waals surface area contributed by atoms with Crippen LogP contribution in [0.4, 0.5) is 25.8 Å². The summed E-state index contributed by atoms with van der Waals surface area (Å²) < 4.78 is 26.6. The third-order valence-corrected chi connectivity index (χ3v) is 3.02. The average Bonchev–Trinajstić information content (AvgIpc) is 2.46. The quantitative estimate of drug-likeness (QED) is 0.445. The number of rotatable bonds is 4. The van der Waals surface area contributed by atoms with E-state index in [2.05, 4.69) is 5.32 Å². The fourth-order valence-electron chi connectivity index (χ4n) is 1.91. The van der Waals surface area contributed by atoms with Crippen molar-refractivity contribution in [3.63, 3.8) is 0 Å². The average molecular weight is 337 g/mol. The minimum Gasteiger partial charge on any atom is -0.478 e. The van der Waals surface area contributed by atoms with Crippen molar-refractivity contribution in [3.05, 3.63) is 63.2 Å². The molecule has 0 fully saturated rings. The summed E-state index contributed by atoms with van der Waals surface area (Å²) in [5, 5.41) is 21.8. The largest absolute Gasteiger partial charge is 0.478 e. The third-order valence-electron chi connectivity index (χ3n) is 3.02.